The molecule has 1 aromatic carbocycles. The van der Waals surface area contributed by atoms with Gasteiger partial charge >= 0.3 is 0 Å². The lowest BCUT2D eigenvalue weighted by molar-refractivity contribution is 0.0738. The second-order valence-corrected chi connectivity index (χ2v) is 5.48. The van der Waals surface area contributed by atoms with Crippen molar-refractivity contribution in [3.8, 4) is 5.75 Å². The van der Waals surface area contributed by atoms with Crippen molar-refractivity contribution in [3.05, 3.63) is 53.3 Å². The highest BCUT2D eigenvalue weighted by Gasteiger charge is 2.20. The van der Waals surface area contributed by atoms with Crippen molar-refractivity contribution < 1.29 is 14.3 Å². The summed E-state index contributed by atoms with van der Waals surface area (Å²) in [5.74, 6) is 0.0592. The summed E-state index contributed by atoms with van der Waals surface area (Å²) in [6.07, 6.45) is 2.16. The number of hydrogen-bond donors (Lipinski definition) is 2. The van der Waals surface area contributed by atoms with E-state index < -0.39 is 5.91 Å². The number of ether oxygens (including phenoxy) is 1. The Labute approximate surface area is 135 Å². The molecular formula is C17H21N3O3. The number of aromatic amines is 1. The number of amides is 2. The number of carbonyl (C=O) groups excluding carboxylic acids is 2. The third-order valence-electron chi connectivity index (χ3n) is 3.87. The van der Waals surface area contributed by atoms with Gasteiger partial charge in [-0.15, -0.1) is 0 Å². The van der Waals surface area contributed by atoms with E-state index in [0.29, 0.717) is 11.3 Å². The number of carbonyl (C=O) groups is 2. The molecule has 0 fully saturated rings. The molecule has 1 heterocycles. The van der Waals surface area contributed by atoms with Gasteiger partial charge in [0.15, 0.2) is 0 Å². The van der Waals surface area contributed by atoms with Crippen LogP contribution in [0, 0.1) is 0 Å². The molecule has 2 aromatic rings. The topological polar surface area (TPSA) is 88.4 Å². The maximum atomic E-state index is 12.4. The molecule has 0 aliphatic rings. The van der Waals surface area contributed by atoms with Gasteiger partial charge in [-0.2, -0.15) is 0 Å². The van der Waals surface area contributed by atoms with Crippen LogP contribution >= 0.6 is 0 Å². The van der Waals surface area contributed by atoms with Crippen molar-refractivity contribution in [2.24, 2.45) is 5.73 Å². The number of benzene rings is 1. The van der Waals surface area contributed by atoms with Gasteiger partial charge in [-0.05, 0) is 37.1 Å². The standard InChI is InChI=1S/C17H21N3O3/c1-11(8-12-4-6-14(23-3)7-5-12)20(2)17(22)15-9-13(10-19-15)16(18)21/h4-7,9-11,19H,8H2,1-3H3,(H2,18,21)/t11-/m1/s1. The molecule has 3 N–H and O–H groups in total. The van der Waals surface area contributed by atoms with Gasteiger partial charge in [0.2, 0.25) is 5.91 Å². The molecule has 6 heteroatoms. The summed E-state index contributed by atoms with van der Waals surface area (Å²) >= 11 is 0. The number of nitrogens with one attached hydrogen (secondary N) is 1. The van der Waals surface area contributed by atoms with Crippen molar-refractivity contribution >= 4 is 11.8 Å². The number of rotatable bonds is 6. The van der Waals surface area contributed by atoms with Gasteiger partial charge in [-0.1, -0.05) is 12.1 Å². The van der Waals surface area contributed by atoms with Gasteiger partial charge in [0.25, 0.3) is 5.91 Å². The van der Waals surface area contributed by atoms with E-state index in [4.69, 9.17) is 10.5 Å². The Morgan fingerprint density at radius 2 is 1.96 bits per heavy atom. The average molecular weight is 315 g/mol. The molecule has 2 rings (SSSR count). The number of H-pyrrole nitrogens is 1. The molecular weight excluding hydrogens is 294 g/mol. The highest BCUT2D eigenvalue weighted by atomic mass is 16.5. The van der Waals surface area contributed by atoms with Crippen molar-refractivity contribution in [1.29, 1.82) is 0 Å². The first-order valence-corrected chi connectivity index (χ1v) is 7.30. The predicted molar refractivity (Wildman–Crippen MR) is 87.6 cm³/mol. The van der Waals surface area contributed by atoms with E-state index in [-0.39, 0.29) is 11.9 Å². The van der Waals surface area contributed by atoms with E-state index in [2.05, 4.69) is 4.98 Å². The van der Waals surface area contributed by atoms with E-state index in [0.717, 1.165) is 17.7 Å². The minimum atomic E-state index is -0.561. The smallest absolute Gasteiger partial charge is 0.270 e. The fourth-order valence-electron chi connectivity index (χ4n) is 2.29. The lowest BCUT2D eigenvalue weighted by atomic mass is 10.1. The second kappa shape index (κ2) is 7.00. The maximum absolute atomic E-state index is 12.4. The van der Waals surface area contributed by atoms with Crippen LogP contribution in [-0.2, 0) is 6.42 Å². The molecule has 2 amide bonds. The zero-order valence-electron chi connectivity index (χ0n) is 13.5. The lowest BCUT2D eigenvalue weighted by Crippen LogP contribution is -2.36. The van der Waals surface area contributed by atoms with Crippen LogP contribution in [0.5, 0.6) is 5.75 Å². The van der Waals surface area contributed by atoms with Crippen molar-refractivity contribution in [3.63, 3.8) is 0 Å². The van der Waals surface area contributed by atoms with E-state index in [9.17, 15) is 9.59 Å². The summed E-state index contributed by atoms with van der Waals surface area (Å²) < 4.78 is 5.13. The number of nitrogens with zero attached hydrogens (tertiary/aromatic N) is 1. The quantitative estimate of drug-likeness (QED) is 0.852. The van der Waals surface area contributed by atoms with Gasteiger partial charge < -0.3 is 20.4 Å². The molecule has 6 nitrogen and oxygen atoms in total. The minimum absolute atomic E-state index is 0.00350. The average Bonchev–Trinajstić information content (AvgIpc) is 3.04. The molecule has 0 saturated carbocycles. The van der Waals surface area contributed by atoms with Gasteiger partial charge in [0.1, 0.15) is 11.4 Å². The Bertz CT molecular complexity index is 691. The number of nitrogens with two attached hydrogens (primary N) is 1. The van der Waals surface area contributed by atoms with Gasteiger partial charge in [-0.25, -0.2) is 0 Å². The normalized spacial score (nSPS) is 11.8. The van der Waals surface area contributed by atoms with Crippen LogP contribution in [0.25, 0.3) is 0 Å². The fraction of sp³-hybridized carbons (Fsp3) is 0.294. The van der Waals surface area contributed by atoms with Gasteiger partial charge in [0, 0.05) is 19.3 Å². The summed E-state index contributed by atoms with van der Waals surface area (Å²) in [4.78, 5) is 28.0. The summed E-state index contributed by atoms with van der Waals surface area (Å²) in [5.41, 5.74) is 6.95. The van der Waals surface area contributed by atoms with Crippen LogP contribution in [0.1, 0.15) is 33.3 Å². The van der Waals surface area contributed by atoms with E-state index in [1.54, 1.807) is 19.1 Å². The Morgan fingerprint density at radius 3 is 2.48 bits per heavy atom. The third-order valence-corrected chi connectivity index (χ3v) is 3.87. The highest BCUT2D eigenvalue weighted by molar-refractivity contribution is 5.98. The summed E-state index contributed by atoms with van der Waals surface area (Å²) in [7, 11) is 3.36. The molecule has 0 bridgehead atoms. The summed E-state index contributed by atoms with van der Waals surface area (Å²) in [6.45, 7) is 1.97. The van der Waals surface area contributed by atoms with Crippen LogP contribution in [-0.4, -0.2) is 41.9 Å². The van der Waals surface area contributed by atoms with E-state index in [1.807, 2.05) is 31.2 Å². The van der Waals surface area contributed by atoms with Crippen LogP contribution in [0.3, 0.4) is 0 Å². The Morgan fingerprint density at radius 1 is 1.30 bits per heavy atom. The van der Waals surface area contributed by atoms with Gasteiger partial charge in [0.05, 0.1) is 12.7 Å². The molecule has 0 radical (unpaired) electrons. The molecule has 0 spiro atoms. The van der Waals surface area contributed by atoms with Crippen LogP contribution < -0.4 is 10.5 Å². The third kappa shape index (κ3) is 3.91. The zero-order valence-corrected chi connectivity index (χ0v) is 13.5. The molecule has 0 aliphatic heterocycles. The molecule has 0 aliphatic carbocycles. The van der Waals surface area contributed by atoms with Crippen molar-refractivity contribution in [1.82, 2.24) is 9.88 Å². The molecule has 122 valence electrons. The SMILES string of the molecule is COc1ccc(C[C@@H](C)N(C)C(=O)c2cc(C(N)=O)c[nH]2)cc1. The lowest BCUT2D eigenvalue weighted by Gasteiger charge is -2.24. The summed E-state index contributed by atoms with van der Waals surface area (Å²) in [6, 6.07) is 9.22. The van der Waals surface area contributed by atoms with Crippen molar-refractivity contribution in [2.45, 2.75) is 19.4 Å². The molecule has 1 atom stereocenters. The van der Waals surface area contributed by atoms with E-state index >= 15 is 0 Å². The Kier molecular flexibility index (Phi) is 5.05. The largest absolute Gasteiger partial charge is 0.497 e. The monoisotopic (exact) mass is 315 g/mol. The molecule has 0 saturated heterocycles. The van der Waals surface area contributed by atoms with Crippen LogP contribution in [0.4, 0.5) is 0 Å². The minimum Gasteiger partial charge on any atom is -0.497 e. The van der Waals surface area contributed by atoms with Crippen molar-refractivity contribution in [2.75, 3.05) is 14.2 Å². The number of primary amides is 1. The first kappa shape index (κ1) is 16.6. The van der Waals surface area contributed by atoms with Crippen LogP contribution in [0.2, 0.25) is 0 Å². The first-order chi connectivity index (χ1) is 10.9. The maximum Gasteiger partial charge on any atom is 0.270 e. The Hall–Kier alpha value is -2.76. The number of hydrogen-bond acceptors (Lipinski definition) is 3. The first-order valence-electron chi connectivity index (χ1n) is 7.30. The Balaban J connectivity index is 2.03. The second-order valence-electron chi connectivity index (χ2n) is 5.48. The zero-order chi connectivity index (χ0) is 17.0. The number of likely N-dealkylation sites (N-methyl/N-ethyl adjacent to an activating group) is 1. The predicted octanol–water partition coefficient (Wildman–Crippen LogP) is 1.83. The summed E-state index contributed by atoms with van der Waals surface area (Å²) in [5, 5.41) is 0. The fourth-order valence-corrected chi connectivity index (χ4v) is 2.29. The number of methoxy groups -OCH3 is 1. The molecule has 0 unspecified atom stereocenters. The number of aromatic nitrogens is 1. The van der Waals surface area contributed by atoms with Crippen LogP contribution in [0.15, 0.2) is 36.5 Å². The van der Waals surface area contributed by atoms with Gasteiger partial charge in [-0.3, -0.25) is 9.59 Å². The van der Waals surface area contributed by atoms with E-state index in [1.165, 1.54) is 12.3 Å². The molecule has 1 aromatic heterocycles. The highest BCUT2D eigenvalue weighted by Crippen LogP contribution is 2.15. The molecule has 23 heavy (non-hydrogen) atoms.